The van der Waals surface area contributed by atoms with Crippen molar-refractivity contribution >= 4 is 11.8 Å². The second-order valence-corrected chi connectivity index (χ2v) is 8.24. The number of carbonyl (C=O) groups is 2. The fraction of sp³-hybridized carbons (Fsp3) is 0.296. The summed E-state index contributed by atoms with van der Waals surface area (Å²) in [4.78, 5) is 32.5. The summed E-state index contributed by atoms with van der Waals surface area (Å²) < 4.78 is 6.21. The Hall–Kier alpha value is -3.51. The number of rotatable bonds is 7. The van der Waals surface area contributed by atoms with Crippen LogP contribution in [0.2, 0.25) is 0 Å². The summed E-state index contributed by atoms with van der Waals surface area (Å²) in [5.74, 6) is -0.381. The average molecular weight is 444 g/mol. The standard InChI is InChI=1S/C27H29N3O3/c1-2-15-29-26(32)27(19-22-12-6-7-13-23(22)21-10-4-3-5-11-21)20-30(17-18-33-27)25(31)24-14-8-9-16-28-24/h3-14,16H,2,15,17-20H2,1H3,(H,29,32). The molecule has 1 aliphatic heterocycles. The van der Waals surface area contributed by atoms with E-state index >= 15 is 0 Å². The number of ether oxygens (including phenoxy) is 1. The number of morpholine rings is 1. The van der Waals surface area contributed by atoms with Crippen LogP contribution in [0.15, 0.2) is 79.0 Å². The molecule has 1 unspecified atom stereocenters. The third-order valence-corrected chi connectivity index (χ3v) is 5.88. The molecule has 0 bridgehead atoms. The van der Waals surface area contributed by atoms with Crippen LogP contribution in [-0.4, -0.2) is 53.5 Å². The zero-order chi connectivity index (χ0) is 23.1. The van der Waals surface area contributed by atoms with E-state index in [0.29, 0.717) is 25.2 Å². The minimum Gasteiger partial charge on any atom is -0.361 e. The van der Waals surface area contributed by atoms with E-state index in [-0.39, 0.29) is 25.0 Å². The summed E-state index contributed by atoms with van der Waals surface area (Å²) in [6, 6.07) is 23.4. The predicted molar refractivity (Wildman–Crippen MR) is 128 cm³/mol. The molecule has 2 amide bonds. The first-order chi connectivity index (χ1) is 16.1. The summed E-state index contributed by atoms with van der Waals surface area (Å²) in [6.45, 7) is 3.43. The Kier molecular flexibility index (Phi) is 7.15. The molecule has 0 spiro atoms. The number of pyridine rings is 1. The zero-order valence-corrected chi connectivity index (χ0v) is 18.9. The van der Waals surface area contributed by atoms with Crippen LogP contribution < -0.4 is 5.32 Å². The number of nitrogens with zero attached hydrogens (tertiary/aromatic N) is 2. The van der Waals surface area contributed by atoms with Crippen molar-refractivity contribution in [2.45, 2.75) is 25.4 Å². The topological polar surface area (TPSA) is 71.5 Å². The predicted octanol–water partition coefficient (Wildman–Crippen LogP) is 3.73. The van der Waals surface area contributed by atoms with Gasteiger partial charge in [0.05, 0.1) is 13.2 Å². The molecular weight excluding hydrogens is 414 g/mol. The van der Waals surface area contributed by atoms with E-state index in [4.69, 9.17) is 4.74 Å². The number of hydrogen-bond acceptors (Lipinski definition) is 4. The van der Waals surface area contributed by atoms with Crippen molar-refractivity contribution in [3.63, 3.8) is 0 Å². The van der Waals surface area contributed by atoms with Crippen LogP contribution in [0.25, 0.3) is 11.1 Å². The lowest BCUT2D eigenvalue weighted by molar-refractivity contribution is -0.157. The Labute approximate surface area is 194 Å². The van der Waals surface area contributed by atoms with E-state index in [1.54, 1.807) is 29.3 Å². The van der Waals surface area contributed by atoms with Gasteiger partial charge < -0.3 is 15.0 Å². The maximum Gasteiger partial charge on any atom is 0.272 e. The van der Waals surface area contributed by atoms with E-state index < -0.39 is 5.60 Å². The Morgan fingerprint density at radius 3 is 2.55 bits per heavy atom. The van der Waals surface area contributed by atoms with Gasteiger partial charge in [-0.3, -0.25) is 14.6 Å². The molecule has 2 aromatic carbocycles. The molecule has 6 heteroatoms. The number of aromatic nitrogens is 1. The molecule has 1 saturated heterocycles. The molecule has 6 nitrogen and oxygen atoms in total. The van der Waals surface area contributed by atoms with Crippen LogP contribution >= 0.6 is 0 Å². The Bertz CT molecular complexity index is 1090. The molecule has 1 aromatic heterocycles. The highest BCUT2D eigenvalue weighted by Crippen LogP contribution is 2.30. The maximum atomic E-state index is 13.4. The lowest BCUT2D eigenvalue weighted by atomic mass is 9.87. The highest BCUT2D eigenvalue weighted by molar-refractivity contribution is 5.94. The number of hydrogen-bond donors (Lipinski definition) is 1. The Morgan fingerprint density at radius 1 is 1.03 bits per heavy atom. The highest BCUT2D eigenvalue weighted by atomic mass is 16.5. The van der Waals surface area contributed by atoms with E-state index in [1.165, 1.54) is 0 Å². The number of carbonyl (C=O) groups excluding carboxylic acids is 2. The van der Waals surface area contributed by atoms with Gasteiger partial charge in [-0.2, -0.15) is 0 Å². The Balaban J connectivity index is 1.67. The SMILES string of the molecule is CCCNC(=O)C1(Cc2ccccc2-c2ccccc2)CN(C(=O)c2ccccn2)CCO1. The number of nitrogens with one attached hydrogen (secondary N) is 1. The fourth-order valence-corrected chi connectivity index (χ4v) is 4.21. The summed E-state index contributed by atoms with van der Waals surface area (Å²) >= 11 is 0. The molecule has 1 atom stereocenters. The molecule has 0 saturated carbocycles. The molecule has 4 rings (SSSR count). The molecule has 170 valence electrons. The summed E-state index contributed by atoms with van der Waals surface area (Å²) in [5.41, 5.74) is 2.32. The first-order valence-corrected chi connectivity index (χ1v) is 11.4. The minimum absolute atomic E-state index is 0.168. The molecule has 2 heterocycles. The van der Waals surface area contributed by atoms with Gasteiger partial charge >= 0.3 is 0 Å². The first kappa shape index (κ1) is 22.7. The molecule has 0 radical (unpaired) electrons. The first-order valence-electron chi connectivity index (χ1n) is 11.4. The molecule has 0 aliphatic carbocycles. The molecule has 1 aliphatic rings. The van der Waals surface area contributed by atoms with Crippen LogP contribution in [0.4, 0.5) is 0 Å². The van der Waals surface area contributed by atoms with E-state index in [2.05, 4.69) is 28.5 Å². The van der Waals surface area contributed by atoms with Gasteiger partial charge in [0.25, 0.3) is 11.8 Å². The van der Waals surface area contributed by atoms with Gasteiger partial charge in [0.15, 0.2) is 5.60 Å². The van der Waals surface area contributed by atoms with Crippen LogP contribution in [-0.2, 0) is 16.0 Å². The van der Waals surface area contributed by atoms with Gasteiger partial charge in [-0.15, -0.1) is 0 Å². The number of amides is 2. The molecular formula is C27H29N3O3. The fourth-order valence-electron chi connectivity index (χ4n) is 4.21. The van der Waals surface area contributed by atoms with Crippen LogP contribution in [0.3, 0.4) is 0 Å². The van der Waals surface area contributed by atoms with Crippen molar-refractivity contribution in [3.05, 3.63) is 90.3 Å². The Morgan fingerprint density at radius 2 is 1.79 bits per heavy atom. The quantitative estimate of drug-likeness (QED) is 0.604. The largest absolute Gasteiger partial charge is 0.361 e. The zero-order valence-electron chi connectivity index (χ0n) is 18.9. The molecule has 1 fully saturated rings. The molecule has 1 N–H and O–H groups in total. The van der Waals surface area contributed by atoms with Crippen molar-refractivity contribution in [1.29, 1.82) is 0 Å². The van der Waals surface area contributed by atoms with Crippen molar-refractivity contribution in [2.75, 3.05) is 26.2 Å². The third kappa shape index (κ3) is 5.12. The summed E-state index contributed by atoms with van der Waals surface area (Å²) in [5, 5.41) is 3.00. The smallest absolute Gasteiger partial charge is 0.272 e. The monoisotopic (exact) mass is 443 g/mol. The third-order valence-electron chi connectivity index (χ3n) is 5.88. The average Bonchev–Trinajstić information content (AvgIpc) is 2.88. The second-order valence-electron chi connectivity index (χ2n) is 8.24. The second kappa shape index (κ2) is 10.4. The lowest BCUT2D eigenvalue weighted by Gasteiger charge is -2.42. The number of benzene rings is 2. The summed E-state index contributed by atoms with van der Waals surface area (Å²) in [6.07, 6.45) is 2.78. The van der Waals surface area contributed by atoms with Crippen LogP contribution in [0.5, 0.6) is 0 Å². The maximum absolute atomic E-state index is 13.4. The van der Waals surface area contributed by atoms with E-state index in [0.717, 1.165) is 23.1 Å². The van der Waals surface area contributed by atoms with Gasteiger partial charge in [-0.1, -0.05) is 67.6 Å². The van der Waals surface area contributed by atoms with Crippen molar-refractivity contribution in [1.82, 2.24) is 15.2 Å². The summed E-state index contributed by atoms with van der Waals surface area (Å²) in [7, 11) is 0. The van der Waals surface area contributed by atoms with Gasteiger partial charge in [0, 0.05) is 25.7 Å². The molecule has 3 aromatic rings. The van der Waals surface area contributed by atoms with E-state index in [9.17, 15) is 9.59 Å². The van der Waals surface area contributed by atoms with Gasteiger partial charge in [-0.05, 0) is 35.2 Å². The van der Waals surface area contributed by atoms with Crippen molar-refractivity contribution < 1.29 is 14.3 Å². The van der Waals surface area contributed by atoms with Crippen LogP contribution in [0, 0.1) is 0 Å². The van der Waals surface area contributed by atoms with Crippen LogP contribution in [0.1, 0.15) is 29.4 Å². The normalized spacial score (nSPS) is 18.0. The minimum atomic E-state index is -1.18. The van der Waals surface area contributed by atoms with Crippen molar-refractivity contribution in [2.24, 2.45) is 0 Å². The van der Waals surface area contributed by atoms with Gasteiger partial charge in [0.1, 0.15) is 5.69 Å². The van der Waals surface area contributed by atoms with Gasteiger partial charge in [-0.25, -0.2) is 0 Å². The van der Waals surface area contributed by atoms with E-state index in [1.807, 2.05) is 43.3 Å². The van der Waals surface area contributed by atoms with Crippen molar-refractivity contribution in [3.8, 4) is 11.1 Å². The molecule has 33 heavy (non-hydrogen) atoms. The highest BCUT2D eigenvalue weighted by Gasteiger charge is 2.45. The van der Waals surface area contributed by atoms with Gasteiger partial charge in [0.2, 0.25) is 0 Å². The lowest BCUT2D eigenvalue weighted by Crippen LogP contribution is -2.62.